The van der Waals surface area contributed by atoms with E-state index in [0.717, 1.165) is 55.5 Å². The number of carbonyl (C=O) groups is 3. The maximum Gasteiger partial charge on any atom is 0.266 e. The van der Waals surface area contributed by atoms with E-state index in [0.29, 0.717) is 22.8 Å². The van der Waals surface area contributed by atoms with E-state index in [-0.39, 0.29) is 23.1 Å². The van der Waals surface area contributed by atoms with Crippen molar-refractivity contribution in [3.05, 3.63) is 88.4 Å². The number of nitrogens with zero attached hydrogens (tertiary/aromatic N) is 3. The molecule has 0 bridgehead atoms. The first-order valence-electron chi connectivity index (χ1n) is 13.6. The van der Waals surface area contributed by atoms with Crippen LogP contribution in [-0.4, -0.2) is 68.0 Å². The van der Waals surface area contributed by atoms with Gasteiger partial charge in [0, 0.05) is 43.3 Å². The molecule has 8 nitrogen and oxygen atoms in total. The van der Waals surface area contributed by atoms with Gasteiger partial charge in [-0.15, -0.1) is 0 Å². The molecule has 0 saturated carbocycles. The Kier molecular flexibility index (Phi) is 8.38. The number of hydrogen-bond donors (Lipinski definition) is 1. The van der Waals surface area contributed by atoms with Crippen LogP contribution in [0.3, 0.4) is 0 Å². The van der Waals surface area contributed by atoms with Crippen LogP contribution in [0.4, 0.5) is 11.4 Å². The minimum Gasteiger partial charge on any atom is -0.489 e. The largest absolute Gasteiger partial charge is 0.489 e. The Bertz CT molecular complexity index is 1400. The fourth-order valence-corrected chi connectivity index (χ4v) is 5.22. The third-order valence-corrected chi connectivity index (χ3v) is 7.36. The van der Waals surface area contributed by atoms with E-state index in [1.807, 2.05) is 32.0 Å². The van der Waals surface area contributed by atoms with Crippen molar-refractivity contribution in [1.29, 1.82) is 0 Å². The smallest absolute Gasteiger partial charge is 0.266 e. The van der Waals surface area contributed by atoms with Crippen LogP contribution >= 0.6 is 11.6 Å². The molecule has 3 aromatic rings. The van der Waals surface area contributed by atoms with Crippen molar-refractivity contribution >= 4 is 40.7 Å². The monoisotopic (exact) mass is 560 g/mol. The maximum absolute atomic E-state index is 13.0. The summed E-state index contributed by atoms with van der Waals surface area (Å²) >= 11 is 5.94. The predicted molar refractivity (Wildman–Crippen MR) is 157 cm³/mol. The van der Waals surface area contributed by atoms with E-state index in [2.05, 4.69) is 21.2 Å². The van der Waals surface area contributed by atoms with Gasteiger partial charge in [0.15, 0.2) is 0 Å². The van der Waals surface area contributed by atoms with Crippen molar-refractivity contribution in [1.82, 2.24) is 10.2 Å². The van der Waals surface area contributed by atoms with Crippen LogP contribution in [0.15, 0.2) is 66.7 Å². The van der Waals surface area contributed by atoms with Crippen molar-refractivity contribution in [2.24, 2.45) is 0 Å². The number of rotatable bonds is 9. The van der Waals surface area contributed by atoms with Crippen LogP contribution in [-0.2, 0) is 0 Å². The zero-order valence-electron chi connectivity index (χ0n) is 22.7. The summed E-state index contributed by atoms with van der Waals surface area (Å²) in [4.78, 5) is 44.5. The standard InChI is InChI=1S/C31H33ClN4O4/c1-21(2)40-28-7-4-3-6-27(28)35-18-16-34(17-19-35)15-5-14-33-29(37)22-8-13-25-26(20-22)31(39)36(30(25)38)24-11-9-23(32)10-12-24/h3-4,6-13,20-21H,5,14-19H2,1-2H3,(H,33,37). The second-order valence-corrected chi connectivity index (χ2v) is 10.7. The number of halogens is 1. The van der Waals surface area contributed by atoms with E-state index < -0.39 is 11.8 Å². The minimum absolute atomic E-state index is 0.126. The van der Waals surface area contributed by atoms with Gasteiger partial charge in [0.1, 0.15) is 5.75 Å². The summed E-state index contributed by atoms with van der Waals surface area (Å²) in [5.74, 6) is -0.205. The highest BCUT2D eigenvalue weighted by Gasteiger charge is 2.37. The maximum atomic E-state index is 13.0. The van der Waals surface area contributed by atoms with Crippen LogP contribution in [0.25, 0.3) is 0 Å². The third-order valence-electron chi connectivity index (χ3n) is 7.11. The molecule has 1 N–H and O–H groups in total. The Hall–Kier alpha value is -3.88. The van der Waals surface area contributed by atoms with Crippen LogP contribution in [0.2, 0.25) is 5.02 Å². The van der Waals surface area contributed by atoms with Gasteiger partial charge in [0.25, 0.3) is 17.7 Å². The van der Waals surface area contributed by atoms with Crippen molar-refractivity contribution in [2.45, 2.75) is 26.4 Å². The summed E-state index contributed by atoms with van der Waals surface area (Å²) in [5.41, 5.74) is 2.44. The highest BCUT2D eigenvalue weighted by atomic mass is 35.5. The summed E-state index contributed by atoms with van der Waals surface area (Å²) in [6.45, 7) is 9.18. The van der Waals surface area contributed by atoms with Gasteiger partial charge in [0.2, 0.25) is 0 Å². The van der Waals surface area contributed by atoms with Gasteiger partial charge in [-0.3, -0.25) is 19.3 Å². The number of amides is 3. The second-order valence-electron chi connectivity index (χ2n) is 10.3. The lowest BCUT2D eigenvalue weighted by Crippen LogP contribution is -2.47. The normalized spacial score (nSPS) is 15.5. The van der Waals surface area contributed by atoms with Crippen molar-refractivity contribution in [3.8, 4) is 5.75 Å². The predicted octanol–water partition coefficient (Wildman–Crippen LogP) is 4.87. The van der Waals surface area contributed by atoms with E-state index in [4.69, 9.17) is 16.3 Å². The Balaban J connectivity index is 1.10. The molecule has 2 aliphatic heterocycles. The Labute approximate surface area is 239 Å². The van der Waals surface area contributed by atoms with Crippen LogP contribution in [0.1, 0.15) is 51.3 Å². The first kappa shape index (κ1) is 27.7. The lowest BCUT2D eigenvalue weighted by molar-refractivity contribution is 0.0923. The zero-order chi connectivity index (χ0) is 28.2. The molecule has 2 aliphatic rings. The van der Waals surface area contributed by atoms with Crippen molar-refractivity contribution in [2.75, 3.05) is 49.1 Å². The molecule has 0 radical (unpaired) electrons. The van der Waals surface area contributed by atoms with Gasteiger partial charge < -0.3 is 15.0 Å². The molecule has 0 spiro atoms. The molecule has 40 heavy (non-hydrogen) atoms. The summed E-state index contributed by atoms with van der Waals surface area (Å²) in [6.07, 6.45) is 0.937. The van der Waals surface area contributed by atoms with Crippen molar-refractivity contribution < 1.29 is 19.1 Å². The Morgan fingerprint density at radius 1 is 0.925 bits per heavy atom. The second kappa shape index (κ2) is 12.1. The van der Waals surface area contributed by atoms with Gasteiger partial charge in [-0.25, -0.2) is 4.90 Å². The summed E-state index contributed by atoms with van der Waals surface area (Å²) in [6, 6.07) is 19.3. The first-order chi connectivity index (χ1) is 19.3. The summed E-state index contributed by atoms with van der Waals surface area (Å²) in [7, 11) is 0. The Morgan fingerprint density at radius 3 is 2.35 bits per heavy atom. The lowest BCUT2D eigenvalue weighted by Gasteiger charge is -2.37. The molecule has 0 atom stereocenters. The van der Waals surface area contributed by atoms with Gasteiger partial charge in [-0.1, -0.05) is 23.7 Å². The highest BCUT2D eigenvalue weighted by molar-refractivity contribution is 6.35. The number of piperazine rings is 1. The third kappa shape index (κ3) is 5.98. The fourth-order valence-electron chi connectivity index (χ4n) is 5.10. The summed E-state index contributed by atoms with van der Waals surface area (Å²) < 4.78 is 5.99. The quantitative estimate of drug-likeness (QED) is 0.297. The molecular formula is C31H33ClN4O4. The number of carbonyl (C=O) groups excluding carboxylic acids is 3. The van der Waals surface area contributed by atoms with E-state index in [1.54, 1.807) is 36.4 Å². The number of fused-ring (bicyclic) bond motifs is 1. The molecule has 208 valence electrons. The molecule has 1 saturated heterocycles. The molecule has 5 rings (SSSR count). The first-order valence-corrected chi connectivity index (χ1v) is 14.0. The van der Waals surface area contributed by atoms with Gasteiger partial charge in [-0.05, 0) is 81.4 Å². The molecule has 0 aliphatic carbocycles. The molecule has 3 aromatic carbocycles. The molecule has 0 aromatic heterocycles. The fraction of sp³-hybridized carbons (Fsp3) is 0.323. The number of ether oxygens (including phenoxy) is 1. The van der Waals surface area contributed by atoms with Gasteiger partial charge in [0.05, 0.1) is 28.6 Å². The summed E-state index contributed by atoms with van der Waals surface area (Å²) in [5, 5.41) is 3.46. The topological polar surface area (TPSA) is 82.2 Å². The number of imide groups is 1. The van der Waals surface area contributed by atoms with E-state index in [9.17, 15) is 14.4 Å². The van der Waals surface area contributed by atoms with E-state index in [1.165, 1.54) is 6.07 Å². The lowest BCUT2D eigenvalue weighted by atomic mass is 10.1. The van der Waals surface area contributed by atoms with Crippen LogP contribution in [0.5, 0.6) is 5.75 Å². The average Bonchev–Trinajstić information content (AvgIpc) is 3.20. The van der Waals surface area contributed by atoms with Crippen molar-refractivity contribution in [3.63, 3.8) is 0 Å². The number of benzene rings is 3. The average molecular weight is 561 g/mol. The molecule has 0 unspecified atom stereocenters. The van der Waals surface area contributed by atoms with E-state index >= 15 is 0 Å². The zero-order valence-corrected chi connectivity index (χ0v) is 23.5. The molecule has 3 amide bonds. The Morgan fingerprint density at radius 2 is 1.62 bits per heavy atom. The number of hydrogen-bond acceptors (Lipinski definition) is 6. The molecule has 1 fully saturated rings. The van der Waals surface area contributed by atoms with Gasteiger partial charge in [-0.2, -0.15) is 0 Å². The van der Waals surface area contributed by atoms with Crippen LogP contribution in [0, 0.1) is 0 Å². The minimum atomic E-state index is -0.450. The van der Waals surface area contributed by atoms with Crippen LogP contribution < -0.4 is 19.9 Å². The highest BCUT2D eigenvalue weighted by Crippen LogP contribution is 2.31. The number of para-hydroxylation sites is 2. The number of nitrogens with one attached hydrogen (secondary N) is 1. The SMILES string of the molecule is CC(C)Oc1ccccc1N1CCN(CCCNC(=O)c2ccc3c(c2)C(=O)N(c2ccc(Cl)cc2)C3=O)CC1. The number of anilines is 2. The molecule has 9 heteroatoms. The molecule has 2 heterocycles. The molecular weight excluding hydrogens is 528 g/mol. The van der Waals surface area contributed by atoms with Gasteiger partial charge >= 0.3 is 0 Å².